The number of rotatable bonds is 13. The van der Waals surface area contributed by atoms with E-state index in [1.54, 1.807) is 30.3 Å². The second-order valence-electron chi connectivity index (χ2n) is 7.62. The van der Waals surface area contributed by atoms with Crippen molar-refractivity contribution < 1.29 is 14.3 Å². The second kappa shape index (κ2) is 13.4. The molecule has 0 aromatic heterocycles. The van der Waals surface area contributed by atoms with Gasteiger partial charge in [-0.15, -0.1) is 0 Å². The maximum Gasteiger partial charge on any atom is 0.412 e. The third-order valence-electron chi connectivity index (χ3n) is 5.07. The molecule has 5 heteroatoms. The summed E-state index contributed by atoms with van der Waals surface area (Å²) < 4.78 is 5.40. The molecule has 0 spiro atoms. The van der Waals surface area contributed by atoms with E-state index in [1.807, 2.05) is 18.2 Å². The van der Waals surface area contributed by atoms with Gasteiger partial charge in [0.1, 0.15) is 5.75 Å². The topological polar surface area (TPSA) is 81.4 Å². The van der Waals surface area contributed by atoms with Crippen molar-refractivity contribution in [3.05, 3.63) is 54.1 Å². The number of amides is 2. The lowest BCUT2D eigenvalue weighted by molar-refractivity contribution is 0.1000. The molecule has 0 unspecified atom stereocenters. The standard InChI is InChI=1S/C25H34N2O3/c1-2-3-4-5-6-7-8-9-10-17-27-25(29)30-23-16-12-14-21(19-23)20-13-11-15-22(18-20)24(26)28/h11-16,18-19H,2-10,17H2,1H3,(H2,26,28)(H,27,29). The van der Waals surface area contributed by atoms with Crippen LogP contribution in [0.25, 0.3) is 11.1 Å². The first-order chi connectivity index (χ1) is 14.6. The second-order valence-corrected chi connectivity index (χ2v) is 7.62. The summed E-state index contributed by atoms with van der Waals surface area (Å²) >= 11 is 0. The monoisotopic (exact) mass is 410 g/mol. The highest BCUT2D eigenvalue weighted by atomic mass is 16.6. The van der Waals surface area contributed by atoms with Gasteiger partial charge in [-0.05, 0) is 41.8 Å². The summed E-state index contributed by atoms with van der Waals surface area (Å²) in [5.74, 6) is -0.0123. The van der Waals surface area contributed by atoms with Crippen LogP contribution in [0.2, 0.25) is 0 Å². The zero-order valence-electron chi connectivity index (χ0n) is 18.0. The lowest BCUT2D eigenvalue weighted by Gasteiger charge is -2.09. The summed E-state index contributed by atoms with van der Waals surface area (Å²) in [6, 6.07) is 14.3. The molecule has 2 aromatic carbocycles. The van der Waals surface area contributed by atoms with E-state index in [0.717, 1.165) is 24.0 Å². The number of carbonyl (C=O) groups is 2. The van der Waals surface area contributed by atoms with E-state index in [-0.39, 0.29) is 0 Å². The Hall–Kier alpha value is -2.82. The minimum absolute atomic E-state index is 0.442. The molecular formula is C25H34N2O3. The van der Waals surface area contributed by atoms with Crippen LogP contribution in [0, 0.1) is 0 Å². The minimum Gasteiger partial charge on any atom is -0.410 e. The van der Waals surface area contributed by atoms with Gasteiger partial charge in [0.25, 0.3) is 0 Å². The van der Waals surface area contributed by atoms with Crippen LogP contribution in [0.1, 0.15) is 75.1 Å². The molecule has 0 aliphatic carbocycles. The maximum absolute atomic E-state index is 12.0. The number of benzene rings is 2. The number of hydrogen-bond acceptors (Lipinski definition) is 3. The number of unbranched alkanes of at least 4 members (excludes halogenated alkanes) is 8. The van der Waals surface area contributed by atoms with Crippen LogP contribution < -0.4 is 15.8 Å². The Kier molecular flexibility index (Phi) is 10.5. The van der Waals surface area contributed by atoms with E-state index < -0.39 is 12.0 Å². The van der Waals surface area contributed by atoms with E-state index >= 15 is 0 Å². The largest absolute Gasteiger partial charge is 0.412 e. The Bertz CT molecular complexity index is 804. The van der Waals surface area contributed by atoms with E-state index in [4.69, 9.17) is 10.5 Å². The fourth-order valence-electron chi connectivity index (χ4n) is 3.36. The van der Waals surface area contributed by atoms with Crippen LogP contribution >= 0.6 is 0 Å². The Morgan fingerprint density at radius 3 is 2.10 bits per heavy atom. The van der Waals surface area contributed by atoms with Crippen molar-refractivity contribution in [3.8, 4) is 16.9 Å². The van der Waals surface area contributed by atoms with Gasteiger partial charge in [-0.3, -0.25) is 4.79 Å². The van der Waals surface area contributed by atoms with Crippen LogP contribution in [-0.4, -0.2) is 18.5 Å². The third kappa shape index (κ3) is 8.68. The van der Waals surface area contributed by atoms with Gasteiger partial charge in [-0.1, -0.05) is 82.6 Å². The fourth-order valence-corrected chi connectivity index (χ4v) is 3.36. The molecule has 162 valence electrons. The summed E-state index contributed by atoms with van der Waals surface area (Å²) in [5, 5.41) is 2.81. The first-order valence-electron chi connectivity index (χ1n) is 11.1. The van der Waals surface area contributed by atoms with E-state index in [1.165, 1.54) is 44.9 Å². The van der Waals surface area contributed by atoms with Crippen LogP contribution in [-0.2, 0) is 0 Å². The van der Waals surface area contributed by atoms with Gasteiger partial charge in [-0.2, -0.15) is 0 Å². The number of carbonyl (C=O) groups excluding carboxylic acids is 2. The smallest absolute Gasteiger partial charge is 0.410 e. The number of ether oxygens (including phenoxy) is 1. The predicted octanol–water partition coefficient (Wildman–Crippen LogP) is 6.07. The van der Waals surface area contributed by atoms with Gasteiger partial charge in [-0.25, -0.2) is 4.79 Å². The molecule has 0 saturated heterocycles. The molecular weight excluding hydrogens is 376 g/mol. The molecule has 3 N–H and O–H groups in total. The molecule has 0 heterocycles. The zero-order valence-corrected chi connectivity index (χ0v) is 18.0. The molecule has 0 saturated carbocycles. The average Bonchev–Trinajstić information content (AvgIpc) is 2.75. The van der Waals surface area contributed by atoms with Crippen LogP contribution in [0.5, 0.6) is 5.75 Å². The Morgan fingerprint density at radius 1 is 0.833 bits per heavy atom. The van der Waals surface area contributed by atoms with Crippen LogP contribution in [0.3, 0.4) is 0 Å². The first kappa shape index (κ1) is 23.5. The van der Waals surface area contributed by atoms with Gasteiger partial charge in [0, 0.05) is 12.1 Å². The first-order valence-corrected chi connectivity index (χ1v) is 11.1. The molecule has 2 aromatic rings. The lowest BCUT2D eigenvalue weighted by atomic mass is 10.0. The summed E-state index contributed by atoms with van der Waals surface area (Å²) in [4.78, 5) is 23.4. The van der Waals surface area contributed by atoms with Gasteiger partial charge in [0.2, 0.25) is 5.91 Å². The molecule has 0 aliphatic rings. The normalized spacial score (nSPS) is 10.6. The molecule has 2 rings (SSSR count). The van der Waals surface area contributed by atoms with Gasteiger partial charge >= 0.3 is 6.09 Å². The highest BCUT2D eigenvalue weighted by Gasteiger charge is 2.07. The summed E-state index contributed by atoms with van der Waals surface area (Å²) in [6.07, 6.45) is 10.8. The lowest BCUT2D eigenvalue weighted by Crippen LogP contribution is -2.27. The van der Waals surface area contributed by atoms with Crippen molar-refractivity contribution in [1.82, 2.24) is 5.32 Å². The van der Waals surface area contributed by atoms with Crippen molar-refractivity contribution in [2.24, 2.45) is 5.73 Å². The van der Waals surface area contributed by atoms with Crippen LogP contribution in [0.15, 0.2) is 48.5 Å². The molecule has 0 fully saturated rings. The molecule has 0 atom stereocenters. The Balaban J connectivity index is 1.70. The summed E-state index contributed by atoms with van der Waals surface area (Å²) in [5.41, 5.74) is 7.48. The maximum atomic E-state index is 12.0. The summed E-state index contributed by atoms with van der Waals surface area (Å²) in [7, 11) is 0. The van der Waals surface area contributed by atoms with Crippen molar-refractivity contribution in [1.29, 1.82) is 0 Å². The number of nitrogens with two attached hydrogens (primary N) is 1. The quantitative estimate of drug-likeness (QED) is 0.393. The van der Waals surface area contributed by atoms with E-state index in [9.17, 15) is 9.59 Å². The van der Waals surface area contributed by atoms with Crippen molar-refractivity contribution in [2.75, 3.05) is 6.54 Å². The molecule has 0 bridgehead atoms. The highest BCUT2D eigenvalue weighted by Crippen LogP contribution is 2.24. The van der Waals surface area contributed by atoms with Crippen LogP contribution in [0.4, 0.5) is 4.79 Å². The van der Waals surface area contributed by atoms with E-state index in [2.05, 4.69) is 12.2 Å². The average molecular weight is 411 g/mol. The fraction of sp³-hybridized carbons (Fsp3) is 0.440. The molecule has 30 heavy (non-hydrogen) atoms. The molecule has 5 nitrogen and oxygen atoms in total. The summed E-state index contributed by atoms with van der Waals surface area (Å²) in [6.45, 7) is 2.86. The van der Waals surface area contributed by atoms with Gasteiger partial charge in [0.15, 0.2) is 0 Å². The Morgan fingerprint density at radius 2 is 1.43 bits per heavy atom. The minimum atomic E-state index is -0.472. The number of hydrogen-bond donors (Lipinski definition) is 2. The Labute approximate surface area is 180 Å². The molecule has 0 aliphatic heterocycles. The van der Waals surface area contributed by atoms with Gasteiger partial charge < -0.3 is 15.8 Å². The number of nitrogens with one attached hydrogen (secondary N) is 1. The van der Waals surface area contributed by atoms with Crippen molar-refractivity contribution in [3.63, 3.8) is 0 Å². The van der Waals surface area contributed by atoms with Gasteiger partial charge in [0.05, 0.1) is 0 Å². The molecule has 2 amide bonds. The van der Waals surface area contributed by atoms with Crippen molar-refractivity contribution >= 4 is 12.0 Å². The molecule has 0 radical (unpaired) electrons. The highest BCUT2D eigenvalue weighted by molar-refractivity contribution is 5.94. The van der Waals surface area contributed by atoms with E-state index in [0.29, 0.717) is 17.9 Å². The zero-order chi connectivity index (χ0) is 21.6. The van der Waals surface area contributed by atoms with Crippen molar-refractivity contribution in [2.45, 2.75) is 64.7 Å². The number of primary amides is 1. The SMILES string of the molecule is CCCCCCCCCCCNC(=O)Oc1cccc(-c2cccc(C(N)=O)c2)c1. The predicted molar refractivity (Wildman–Crippen MR) is 122 cm³/mol. The third-order valence-corrected chi connectivity index (χ3v) is 5.07.